The Hall–Kier alpha value is -2.90. The first-order valence-electron chi connectivity index (χ1n) is 8.03. The first-order valence-corrected chi connectivity index (χ1v) is 8.41. The van der Waals surface area contributed by atoms with E-state index in [4.69, 9.17) is 27.0 Å². The summed E-state index contributed by atoms with van der Waals surface area (Å²) >= 11 is 5.91. The van der Waals surface area contributed by atoms with Crippen molar-refractivity contribution >= 4 is 28.9 Å². The third-order valence-electron chi connectivity index (χ3n) is 3.69. The second-order valence-electron chi connectivity index (χ2n) is 5.46. The van der Waals surface area contributed by atoms with Gasteiger partial charge in [-0.15, -0.1) is 0 Å². The Morgan fingerprint density at radius 2 is 1.67 bits per heavy atom. The Bertz CT molecular complexity index is 864. The Kier molecular flexibility index (Phi) is 7.34. The maximum absolute atomic E-state index is 10.7. The lowest BCUT2D eigenvalue weighted by Crippen LogP contribution is -2.27. The Balaban J connectivity index is 2.44. The minimum Gasteiger partial charge on any atom is -0.399 e. The summed E-state index contributed by atoms with van der Waals surface area (Å²) in [4.78, 5) is 14.0. The summed E-state index contributed by atoms with van der Waals surface area (Å²) in [6.45, 7) is 1.81. The second kappa shape index (κ2) is 9.70. The van der Waals surface area contributed by atoms with Gasteiger partial charge in [-0.3, -0.25) is 4.99 Å². The first kappa shape index (κ1) is 20.4. The van der Waals surface area contributed by atoms with E-state index in [-0.39, 0.29) is 11.5 Å². The first-order chi connectivity index (χ1) is 13.0. The molecule has 1 atom stereocenters. The van der Waals surface area contributed by atoms with Gasteiger partial charge in [0, 0.05) is 21.9 Å². The van der Waals surface area contributed by atoms with E-state index < -0.39 is 6.23 Å². The smallest absolute Gasteiger partial charge is 0.192 e. The molecule has 0 aromatic heterocycles. The fourth-order valence-corrected chi connectivity index (χ4v) is 2.55. The number of amidine groups is 1. The molecule has 0 saturated heterocycles. The molecule has 8 heteroatoms. The highest BCUT2D eigenvalue weighted by atomic mass is 35.5. The van der Waals surface area contributed by atoms with Gasteiger partial charge in [-0.05, 0) is 24.6 Å². The van der Waals surface area contributed by atoms with E-state index in [1.165, 1.54) is 14.2 Å². The maximum atomic E-state index is 10.7. The van der Waals surface area contributed by atoms with E-state index in [1.54, 1.807) is 43.3 Å². The van der Waals surface area contributed by atoms with Crippen molar-refractivity contribution in [3.05, 3.63) is 70.2 Å². The molecule has 0 aliphatic rings. The fourth-order valence-electron chi connectivity index (χ4n) is 2.42. The van der Waals surface area contributed by atoms with Crippen molar-refractivity contribution < 1.29 is 14.8 Å². The number of aliphatic hydroxyl groups is 1. The zero-order chi connectivity index (χ0) is 19.8. The van der Waals surface area contributed by atoms with Gasteiger partial charge >= 0.3 is 0 Å². The van der Waals surface area contributed by atoms with Crippen molar-refractivity contribution in [1.29, 1.82) is 0 Å². The monoisotopic (exact) mass is 388 g/mol. The van der Waals surface area contributed by atoms with Crippen LogP contribution in [0.5, 0.6) is 0 Å². The van der Waals surface area contributed by atoms with Crippen molar-refractivity contribution in [2.75, 3.05) is 14.2 Å². The molecule has 0 saturated carbocycles. The maximum Gasteiger partial charge on any atom is 0.192 e. The van der Waals surface area contributed by atoms with E-state index >= 15 is 0 Å². The number of halogens is 1. The van der Waals surface area contributed by atoms with Crippen molar-refractivity contribution in [3.8, 4) is 0 Å². The van der Waals surface area contributed by atoms with Gasteiger partial charge in [0.15, 0.2) is 17.8 Å². The van der Waals surface area contributed by atoms with E-state index in [0.717, 1.165) is 5.56 Å². The van der Waals surface area contributed by atoms with Crippen molar-refractivity contribution in [3.63, 3.8) is 0 Å². The van der Waals surface area contributed by atoms with Crippen LogP contribution in [0.3, 0.4) is 0 Å². The fraction of sp³-hybridized carbons (Fsp3) is 0.211. The molecular formula is C19H21ClN4O3. The van der Waals surface area contributed by atoms with Crippen molar-refractivity contribution in [2.24, 2.45) is 21.0 Å². The standard InChI is InChI=1S/C19H21ClN4O3/c1-12(13-8-10-14(20)11-9-13)22-19(25)16-7-5-4-6-15(16)17(23-26-2)18(21)24-27-3/h4-11,19,25H,1-3H3,(H2,21,24)/b22-12+,23-17+. The predicted molar refractivity (Wildman–Crippen MR) is 107 cm³/mol. The highest BCUT2D eigenvalue weighted by Crippen LogP contribution is 2.22. The molecule has 0 heterocycles. The van der Waals surface area contributed by atoms with Gasteiger partial charge in [0.05, 0.1) is 0 Å². The van der Waals surface area contributed by atoms with Crippen molar-refractivity contribution in [1.82, 2.24) is 0 Å². The Labute approximate surface area is 162 Å². The molecule has 0 radical (unpaired) electrons. The van der Waals surface area contributed by atoms with Gasteiger partial charge in [0.25, 0.3) is 0 Å². The van der Waals surface area contributed by atoms with Gasteiger partial charge in [0.1, 0.15) is 14.2 Å². The highest BCUT2D eigenvalue weighted by Gasteiger charge is 2.19. The normalized spacial score (nSPS) is 14.0. The van der Waals surface area contributed by atoms with Crippen LogP contribution in [0, 0.1) is 0 Å². The molecule has 1 unspecified atom stereocenters. The number of aliphatic imine (C=N–C) groups is 1. The average molecular weight is 389 g/mol. The molecule has 3 N–H and O–H groups in total. The molecule has 27 heavy (non-hydrogen) atoms. The average Bonchev–Trinajstić information content (AvgIpc) is 2.66. The third kappa shape index (κ3) is 5.29. The van der Waals surface area contributed by atoms with Crippen LogP contribution in [-0.4, -0.2) is 36.6 Å². The zero-order valence-corrected chi connectivity index (χ0v) is 16.0. The summed E-state index contributed by atoms with van der Waals surface area (Å²) in [5.41, 5.74) is 8.66. The minimum absolute atomic E-state index is 0.0115. The largest absolute Gasteiger partial charge is 0.399 e. The van der Waals surface area contributed by atoms with Gasteiger partial charge in [-0.25, -0.2) is 0 Å². The zero-order valence-electron chi connectivity index (χ0n) is 15.3. The minimum atomic E-state index is -1.14. The van der Waals surface area contributed by atoms with E-state index in [2.05, 4.69) is 15.3 Å². The molecule has 0 aliphatic heterocycles. The Morgan fingerprint density at radius 3 is 2.30 bits per heavy atom. The molecule has 0 bridgehead atoms. The summed E-state index contributed by atoms with van der Waals surface area (Å²) in [7, 11) is 2.76. The third-order valence-corrected chi connectivity index (χ3v) is 3.94. The summed E-state index contributed by atoms with van der Waals surface area (Å²) in [6.07, 6.45) is -1.14. The SMILES string of the molecule is CO/N=C(N)/C(=N/OC)c1ccccc1C(O)/N=C(\C)c1ccc(Cl)cc1. The van der Waals surface area contributed by atoms with Crippen LogP contribution in [0.15, 0.2) is 63.8 Å². The molecule has 0 fully saturated rings. The molecular weight excluding hydrogens is 368 g/mol. The van der Waals surface area contributed by atoms with Crippen LogP contribution in [0.1, 0.15) is 29.8 Å². The number of nitrogens with zero attached hydrogens (tertiary/aromatic N) is 3. The molecule has 0 spiro atoms. The van der Waals surface area contributed by atoms with E-state index in [1.807, 2.05) is 12.1 Å². The number of nitrogens with two attached hydrogens (primary N) is 1. The number of hydrogen-bond donors (Lipinski definition) is 2. The molecule has 142 valence electrons. The summed E-state index contributed by atoms with van der Waals surface area (Å²) in [6, 6.07) is 14.2. The Morgan fingerprint density at radius 1 is 1.04 bits per heavy atom. The van der Waals surface area contributed by atoms with Crippen LogP contribution in [0.4, 0.5) is 0 Å². The van der Waals surface area contributed by atoms with Crippen LogP contribution in [0.25, 0.3) is 0 Å². The number of benzene rings is 2. The van der Waals surface area contributed by atoms with Crippen molar-refractivity contribution in [2.45, 2.75) is 13.2 Å². The number of oxime groups is 2. The van der Waals surface area contributed by atoms with Gasteiger partial charge in [-0.1, -0.05) is 58.3 Å². The quantitative estimate of drug-likeness (QED) is 0.432. The van der Waals surface area contributed by atoms with Gasteiger partial charge in [0.2, 0.25) is 0 Å². The van der Waals surface area contributed by atoms with Gasteiger partial charge in [-0.2, -0.15) is 0 Å². The highest BCUT2D eigenvalue weighted by molar-refractivity contribution is 6.47. The second-order valence-corrected chi connectivity index (χ2v) is 5.90. The van der Waals surface area contributed by atoms with Crippen LogP contribution >= 0.6 is 11.6 Å². The van der Waals surface area contributed by atoms with Gasteiger partial charge < -0.3 is 20.5 Å². The summed E-state index contributed by atoms with van der Waals surface area (Å²) < 4.78 is 0. The molecule has 2 rings (SSSR count). The summed E-state index contributed by atoms with van der Waals surface area (Å²) in [5.74, 6) is 0.0115. The van der Waals surface area contributed by atoms with Crippen LogP contribution in [0.2, 0.25) is 5.02 Å². The lowest BCUT2D eigenvalue weighted by atomic mass is 10.0. The molecule has 2 aromatic rings. The van der Waals surface area contributed by atoms with Crippen LogP contribution < -0.4 is 5.73 Å². The number of aliphatic hydroxyl groups excluding tert-OH is 1. The molecule has 7 nitrogen and oxygen atoms in total. The number of rotatable bonds is 7. The van der Waals surface area contributed by atoms with Crippen LogP contribution in [-0.2, 0) is 9.68 Å². The van der Waals surface area contributed by atoms with E-state index in [9.17, 15) is 5.11 Å². The lowest BCUT2D eigenvalue weighted by Gasteiger charge is -2.14. The lowest BCUT2D eigenvalue weighted by molar-refractivity contribution is 0.188. The number of hydrogen-bond acceptors (Lipinski definition) is 6. The predicted octanol–water partition coefficient (Wildman–Crippen LogP) is 3.11. The molecule has 2 aromatic carbocycles. The van der Waals surface area contributed by atoms with E-state index in [0.29, 0.717) is 21.9 Å². The molecule has 0 amide bonds. The summed E-state index contributed by atoms with van der Waals surface area (Å²) in [5, 5.41) is 18.9. The molecule has 0 aliphatic carbocycles. The topological polar surface area (TPSA) is 102 Å².